The number of nitrogens with zero attached hydrogens (tertiary/aromatic N) is 2. The fraction of sp³-hybridized carbons (Fsp3) is 0. The lowest BCUT2D eigenvalue weighted by molar-refractivity contribution is 0.890. The van der Waals surface area contributed by atoms with Gasteiger partial charge in [0.25, 0.3) is 0 Å². The molecule has 0 fully saturated rings. The van der Waals surface area contributed by atoms with Crippen LogP contribution < -0.4 is 0 Å². The van der Waals surface area contributed by atoms with E-state index < -0.39 is 0 Å². The monoisotopic (exact) mass is 233 g/mol. The van der Waals surface area contributed by atoms with Crippen molar-refractivity contribution in [3.63, 3.8) is 0 Å². The van der Waals surface area contributed by atoms with Crippen LogP contribution in [0.2, 0.25) is 0 Å². The van der Waals surface area contributed by atoms with Gasteiger partial charge in [-0.1, -0.05) is 42.5 Å². The largest absolute Gasteiger partial charge is 0.345 e. The zero-order chi connectivity index (χ0) is 11.9. The Labute approximate surface area is 104 Å². The molecule has 0 bridgehead atoms. The van der Waals surface area contributed by atoms with E-state index in [0.717, 1.165) is 16.7 Å². The number of para-hydroxylation sites is 1. The number of fused-ring (bicyclic) bond motifs is 2. The molecule has 4 rings (SSSR count). The van der Waals surface area contributed by atoms with Gasteiger partial charge in [0.1, 0.15) is 5.82 Å². The topological polar surface area (TPSA) is 33.6 Å². The molecule has 0 aliphatic heterocycles. The van der Waals surface area contributed by atoms with E-state index in [9.17, 15) is 0 Å². The minimum atomic E-state index is 1.02. The van der Waals surface area contributed by atoms with Crippen LogP contribution in [0.3, 0.4) is 0 Å². The summed E-state index contributed by atoms with van der Waals surface area (Å²) in [5, 5.41) is 8.01. The third-order valence-electron chi connectivity index (χ3n) is 3.27. The second-order valence-corrected chi connectivity index (χ2v) is 4.34. The first-order valence-electron chi connectivity index (χ1n) is 5.93. The molecule has 3 nitrogen and oxygen atoms in total. The van der Waals surface area contributed by atoms with Gasteiger partial charge in [-0.25, -0.2) is 4.68 Å². The fourth-order valence-electron chi connectivity index (χ4n) is 2.39. The molecule has 2 aromatic carbocycles. The smallest absolute Gasteiger partial charge is 0.140 e. The average molecular weight is 233 g/mol. The quantitative estimate of drug-likeness (QED) is 0.536. The number of benzene rings is 2. The molecule has 0 unspecified atom stereocenters. The highest BCUT2D eigenvalue weighted by Crippen LogP contribution is 2.24. The Balaban J connectivity index is 2.08. The van der Waals surface area contributed by atoms with E-state index in [1.807, 2.05) is 41.3 Å². The van der Waals surface area contributed by atoms with Crippen molar-refractivity contribution in [1.82, 2.24) is 14.8 Å². The Kier molecular flexibility index (Phi) is 1.83. The summed E-state index contributed by atoms with van der Waals surface area (Å²) in [6.45, 7) is 0. The van der Waals surface area contributed by atoms with E-state index in [0.29, 0.717) is 0 Å². The van der Waals surface area contributed by atoms with Crippen LogP contribution in [0.25, 0.3) is 27.5 Å². The Morgan fingerprint density at radius 1 is 0.889 bits per heavy atom. The summed E-state index contributed by atoms with van der Waals surface area (Å²) < 4.78 is 1.96. The van der Waals surface area contributed by atoms with Crippen LogP contribution in [0.5, 0.6) is 0 Å². The molecule has 0 amide bonds. The predicted octanol–water partition coefficient (Wildman–Crippen LogP) is 3.51. The summed E-state index contributed by atoms with van der Waals surface area (Å²) in [6, 6.07) is 16.5. The summed E-state index contributed by atoms with van der Waals surface area (Å²) in [5.41, 5.74) is 1.12. The molecule has 4 aromatic rings. The van der Waals surface area contributed by atoms with Crippen LogP contribution in [0.1, 0.15) is 0 Å². The second kappa shape index (κ2) is 3.47. The van der Waals surface area contributed by atoms with Gasteiger partial charge in [-0.2, -0.15) is 5.10 Å². The van der Waals surface area contributed by atoms with Crippen LogP contribution in [0.4, 0.5) is 0 Å². The molecule has 0 saturated heterocycles. The third kappa shape index (κ3) is 1.21. The van der Waals surface area contributed by atoms with E-state index in [1.54, 1.807) is 0 Å². The van der Waals surface area contributed by atoms with Crippen molar-refractivity contribution in [2.24, 2.45) is 0 Å². The van der Waals surface area contributed by atoms with Gasteiger partial charge in [0.05, 0.1) is 11.7 Å². The van der Waals surface area contributed by atoms with E-state index in [2.05, 4.69) is 34.3 Å². The van der Waals surface area contributed by atoms with Gasteiger partial charge in [0, 0.05) is 22.4 Å². The number of hydrogen-bond acceptors (Lipinski definition) is 1. The Hall–Kier alpha value is -2.55. The lowest BCUT2D eigenvalue weighted by Gasteiger charge is -2.01. The summed E-state index contributed by atoms with van der Waals surface area (Å²) in [5.74, 6) is 1.02. The first kappa shape index (κ1) is 9.48. The Morgan fingerprint density at radius 3 is 2.61 bits per heavy atom. The molecule has 0 aliphatic carbocycles. The molecule has 18 heavy (non-hydrogen) atoms. The van der Waals surface area contributed by atoms with E-state index >= 15 is 0 Å². The molecule has 2 aromatic heterocycles. The Morgan fingerprint density at radius 2 is 1.67 bits per heavy atom. The molecule has 0 radical (unpaired) electrons. The number of aromatic nitrogens is 3. The number of H-pyrrole nitrogens is 1. The van der Waals surface area contributed by atoms with Gasteiger partial charge in [-0.3, -0.25) is 0 Å². The van der Waals surface area contributed by atoms with Gasteiger partial charge >= 0.3 is 0 Å². The second-order valence-electron chi connectivity index (χ2n) is 4.34. The van der Waals surface area contributed by atoms with Crippen LogP contribution in [-0.2, 0) is 0 Å². The van der Waals surface area contributed by atoms with Crippen molar-refractivity contribution in [1.29, 1.82) is 0 Å². The van der Waals surface area contributed by atoms with Crippen LogP contribution in [-0.4, -0.2) is 14.8 Å². The number of nitrogens with one attached hydrogen (secondary N) is 1. The fourth-order valence-corrected chi connectivity index (χ4v) is 2.39. The molecule has 3 heteroatoms. The van der Waals surface area contributed by atoms with Crippen molar-refractivity contribution in [2.45, 2.75) is 0 Å². The lowest BCUT2D eigenvalue weighted by Crippen LogP contribution is -1.96. The van der Waals surface area contributed by atoms with Gasteiger partial charge in [0.15, 0.2) is 0 Å². The maximum Gasteiger partial charge on any atom is 0.140 e. The number of aromatic amines is 1. The number of hydrogen-bond donors (Lipinski definition) is 1. The van der Waals surface area contributed by atoms with Crippen LogP contribution >= 0.6 is 0 Å². The van der Waals surface area contributed by atoms with E-state index in [-0.39, 0.29) is 0 Å². The highest BCUT2D eigenvalue weighted by atomic mass is 15.3. The molecule has 0 saturated carbocycles. The highest BCUT2D eigenvalue weighted by molar-refractivity contribution is 5.91. The van der Waals surface area contributed by atoms with Gasteiger partial charge in [-0.15, -0.1) is 0 Å². The molecular formula is C15H11N3. The highest BCUT2D eigenvalue weighted by Gasteiger charge is 2.08. The van der Waals surface area contributed by atoms with Gasteiger partial charge in [0.2, 0.25) is 0 Å². The minimum absolute atomic E-state index is 1.02. The summed E-state index contributed by atoms with van der Waals surface area (Å²) in [6.07, 6.45) is 3.91. The summed E-state index contributed by atoms with van der Waals surface area (Å²) >= 11 is 0. The lowest BCUT2D eigenvalue weighted by atomic mass is 10.2. The Bertz CT molecular complexity index is 767. The average Bonchev–Trinajstić information content (AvgIpc) is 3.01. The molecule has 0 atom stereocenters. The predicted molar refractivity (Wildman–Crippen MR) is 72.9 cm³/mol. The first-order valence-corrected chi connectivity index (χ1v) is 5.93. The van der Waals surface area contributed by atoms with Gasteiger partial charge in [-0.05, 0) is 6.07 Å². The van der Waals surface area contributed by atoms with E-state index in [4.69, 9.17) is 0 Å². The molecule has 1 N–H and O–H groups in total. The maximum absolute atomic E-state index is 4.47. The van der Waals surface area contributed by atoms with Crippen molar-refractivity contribution in [3.8, 4) is 5.82 Å². The third-order valence-corrected chi connectivity index (χ3v) is 3.27. The summed E-state index contributed by atoms with van der Waals surface area (Å²) in [7, 11) is 0. The number of rotatable bonds is 1. The normalized spacial score (nSPS) is 11.3. The SMILES string of the molecule is c1ccc2c(-n3ncc4ccccc43)[nH]cc2c1. The molecular weight excluding hydrogens is 222 g/mol. The van der Waals surface area contributed by atoms with Crippen molar-refractivity contribution in [3.05, 3.63) is 60.9 Å². The standard InChI is InChI=1S/C15H11N3/c1-3-7-13-11(5-1)9-16-15(13)18-14-8-4-2-6-12(14)10-17-18/h1-10,16H. The molecule has 0 spiro atoms. The molecule has 0 aliphatic rings. The first-order chi connectivity index (χ1) is 8.93. The van der Waals surface area contributed by atoms with Gasteiger partial charge < -0.3 is 4.98 Å². The van der Waals surface area contributed by atoms with Crippen molar-refractivity contribution < 1.29 is 0 Å². The van der Waals surface area contributed by atoms with Crippen LogP contribution in [0.15, 0.2) is 60.9 Å². The zero-order valence-electron chi connectivity index (χ0n) is 9.67. The molecule has 2 heterocycles. The van der Waals surface area contributed by atoms with Crippen molar-refractivity contribution in [2.75, 3.05) is 0 Å². The molecule has 86 valence electrons. The van der Waals surface area contributed by atoms with E-state index in [1.165, 1.54) is 10.8 Å². The minimum Gasteiger partial charge on any atom is -0.345 e. The van der Waals surface area contributed by atoms with Crippen LogP contribution in [0, 0.1) is 0 Å². The van der Waals surface area contributed by atoms with Crippen molar-refractivity contribution >= 4 is 21.7 Å². The summed E-state index contributed by atoms with van der Waals surface area (Å²) in [4.78, 5) is 3.31. The maximum atomic E-state index is 4.47. The zero-order valence-corrected chi connectivity index (χ0v) is 9.67.